The fraction of sp³-hybridized carbons (Fsp3) is 0.364. The predicted molar refractivity (Wildman–Crippen MR) is 119 cm³/mol. The van der Waals surface area contributed by atoms with Crippen molar-refractivity contribution in [3.8, 4) is 0 Å². The van der Waals surface area contributed by atoms with Gasteiger partial charge in [-0.25, -0.2) is 11.0 Å². The minimum Gasteiger partial charge on any atom is -0.386 e. The molecular weight excluding hydrogens is 437 g/mol. The number of piperidine rings is 1. The predicted octanol–water partition coefficient (Wildman–Crippen LogP) is 2.62. The number of amides is 1. The molecule has 0 aliphatic carbocycles. The first-order chi connectivity index (χ1) is 15.5. The van der Waals surface area contributed by atoms with Gasteiger partial charge in [0.2, 0.25) is 5.91 Å². The lowest BCUT2D eigenvalue weighted by atomic mass is 9.93. The Kier molecular flexibility index (Phi) is 7.13. The molecule has 33 heavy (non-hydrogen) atoms. The van der Waals surface area contributed by atoms with Gasteiger partial charge in [-0.05, 0) is 49.2 Å². The molecule has 1 aliphatic rings. The first kappa shape index (κ1) is 24.3. The Morgan fingerprint density at radius 3 is 2.55 bits per heavy atom. The molecule has 1 amide bonds. The van der Waals surface area contributed by atoms with Crippen molar-refractivity contribution >= 4 is 23.1 Å². The van der Waals surface area contributed by atoms with Gasteiger partial charge < -0.3 is 21.1 Å². The summed E-state index contributed by atoms with van der Waals surface area (Å²) in [6.07, 6.45) is -3.31. The van der Waals surface area contributed by atoms with Crippen LogP contribution in [0.15, 0.2) is 53.6 Å². The van der Waals surface area contributed by atoms with Crippen LogP contribution in [0.5, 0.6) is 0 Å². The summed E-state index contributed by atoms with van der Waals surface area (Å²) < 4.78 is 38.4. The zero-order valence-electron chi connectivity index (χ0n) is 18.1. The number of rotatable bonds is 6. The highest BCUT2D eigenvalue weighted by Crippen LogP contribution is 2.31. The molecule has 0 aromatic heterocycles. The van der Waals surface area contributed by atoms with Gasteiger partial charge in [0, 0.05) is 30.4 Å². The van der Waals surface area contributed by atoms with E-state index < -0.39 is 17.3 Å². The van der Waals surface area contributed by atoms with E-state index in [0.29, 0.717) is 36.3 Å². The topological polar surface area (TPSA) is 120 Å². The molecule has 0 saturated carbocycles. The third-order valence-electron chi connectivity index (χ3n) is 5.39. The SMILES string of the molecule is CC(=O)N1CCCC(O)(CN(N)/N=C(\N)c2ccccc2Nc2ccc(C(F)(F)F)cc2)C1. The summed E-state index contributed by atoms with van der Waals surface area (Å²) in [5, 5.41) is 19.1. The van der Waals surface area contributed by atoms with Crippen molar-refractivity contribution in [2.75, 3.05) is 25.0 Å². The second-order valence-corrected chi connectivity index (χ2v) is 8.10. The van der Waals surface area contributed by atoms with Crippen LogP contribution in [0.2, 0.25) is 0 Å². The van der Waals surface area contributed by atoms with Crippen LogP contribution in [0.4, 0.5) is 24.5 Å². The van der Waals surface area contributed by atoms with Crippen molar-refractivity contribution in [1.29, 1.82) is 0 Å². The van der Waals surface area contributed by atoms with E-state index in [1.54, 1.807) is 29.2 Å². The fourth-order valence-corrected chi connectivity index (χ4v) is 3.75. The summed E-state index contributed by atoms with van der Waals surface area (Å²) in [6.45, 7) is 2.14. The molecule has 1 atom stereocenters. The van der Waals surface area contributed by atoms with Crippen molar-refractivity contribution in [1.82, 2.24) is 10.0 Å². The van der Waals surface area contributed by atoms with Gasteiger partial charge in [-0.15, -0.1) is 5.10 Å². The van der Waals surface area contributed by atoms with E-state index in [1.165, 1.54) is 19.1 Å². The molecule has 0 radical (unpaired) electrons. The number of anilines is 2. The Morgan fingerprint density at radius 2 is 1.91 bits per heavy atom. The van der Waals surface area contributed by atoms with Crippen LogP contribution in [0.3, 0.4) is 0 Å². The van der Waals surface area contributed by atoms with E-state index in [0.717, 1.165) is 17.3 Å². The molecule has 6 N–H and O–H groups in total. The minimum atomic E-state index is -4.41. The Morgan fingerprint density at radius 1 is 1.24 bits per heavy atom. The van der Waals surface area contributed by atoms with E-state index in [-0.39, 0.29) is 24.8 Å². The average Bonchev–Trinajstić information content (AvgIpc) is 2.73. The zero-order chi connectivity index (χ0) is 24.2. The maximum absolute atomic E-state index is 12.8. The summed E-state index contributed by atoms with van der Waals surface area (Å²) in [6, 6.07) is 11.5. The molecule has 1 saturated heterocycles. The molecule has 3 rings (SSSR count). The van der Waals surface area contributed by atoms with E-state index in [9.17, 15) is 23.1 Å². The Labute approximate surface area is 189 Å². The maximum atomic E-state index is 12.8. The number of β-amino-alcohol motifs (C(OH)–C–C–N with tert-alkyl or cyclic N) is 1. The first-order valence-electron chi connectivity index (χ1n) is 10.3. The normalized spacial score (nSPS) is 19.3. The number of nitrogens with one attached hydrogen (secondary N) is 1. The first-order valence-corrected chi connectivity index (χ1v) is 10.3. The Bertz CT molecular complexity index is 1010. The number of nitrogens with zero attached hydrogens (tertiary/aromatic N) is 3. The summed E-state index contributed by atoms with van der Waals surface area (Å²) in [7, 11) is 0. The zero-order valence-corrected chi connectivity index (χ0v) is 18.1. The number of nitrogens with two attached hydrogens (primary N) is 2. The van der Waals surface area contributed by atoms with Crippen LogP contribution in [-0.2, 0) is 11.0 Å². The molecule has 2 aromatic carbocycles. The monoisotopic (exact) mass is 464 g/mol. The number of hydrazone groups is 1. The molecule has 1 fully saturated rings. The van der Waals surface area contributed by atoms with Crippen LogP contribution in [0, 0.1) is 0 Å². The molecule has 0 bridgehead atoms. The lowest BCUT2D eigenvalue weighted by Gasteiger charge is -2.39. The highest BCUT2D eigenvalue weighted by Gasteiger charge is 2.35. The van der Waals surface area contributed by atoms with Crippen LogP contribution in [-0.4, -0.2) is 52.1 Å². The van der Waals surface area contributed by atoms with Gasteiger partial charge in [0.15, 0.2) is 5.84 Å². The van der Waals surface area contributed by atoms with Crippen LogP contribution >= 0.6 is 0 Å². The van der Waals surface area contributed by atoms with E-state index in [1.807, 2.05) is 0 Å². The lowest BCUT2D eigenvalue weighted by molar-refractivity contribution is -0.138. The van der Waals surface area contributed by atoms with Gasteiger partial charge >= 0.3 is 6.18 Å². The number of hydrogen-bond acceptors (Lipinski definition) is 6. The number of benzene rings is 2. The molecular formula is C22H27F3N6O2. The Hall–Kier alpha value is -3.31. The Balaban J connectivity index is 1.73. The standard InChI is InChI=1S/C22H27F3N6O2/c1-15(32)30-12-4-11-21(33,13-30)14-31(27)29-20(26)18-5-2-3-6-19(18)28-17-9-7-16(8-10-17)22(23,24)25/h2-3,5-10,28,33H,4,11-14,27H2,1H3,(H2,26,29). The van der Waals surface area contributed by atoms with Crippen LogP contribution in [0.1, 0.15) is 30.9 Å². The molecule has 1 aliphatic heterocycles. The van der Waals surface area contributed by atoms with E-state index in [2.05, 4.69) is 10.4 Å². The summed E-state index contributed by atoms with van der Waals surface area (Å²) in [4.78, 5) is 13.2. The molecule has 1 unspecified atom stereocenters. The fourth-order valence-electron chi connectivity index (χ4n) is 3.75. The highest BCUT2D eigenvalue weighted by atomic mass is 19.4. The number of amidine groups is 1. The van der Waals surface area contributed by atoms with E-state index >= 15 is 0 Å². The van der Waals surface area contributed by atoms with E-state index in [4.69, 9.17) is 11.6 Å². The summed E-state index contributed by atoms with van der Waals surface area (Å²) >= 11 is 0. The minimum absolute atomic E-state index is 0.0357. The molecule has 0 spiro atoms. The largest absolute Gasteiger partial charge is 0.416 e. The number of alkyl halides is 3. The number of aliphatic hydroxyl groups is 1. The van der Waals surface area contributed by atoms with Crippen molar-refractivity contribution < 1.29 is 23.1 Å². The quantitative estimate of drug-likeness (QED) is 0.226. The van der Waals surface area contributed by atoms with Crippen LogP contribution in [0.25, 0.3) is 0 Å². The molecule has 8 nitrogen and oxygen atoms in total. The third-order valence-corrected chi connectivity index (χ3v) is 5.39. The number of para-hydroxylation sites is 1. The van der Waals surface area contributed by atoms with Crippen molar-refractivity contribution in [2.24, 2.45) is 16.7 Å². The number of halogens is 3. The van der Waals surface area contributed by atoms with Crippen molar-refractivity contribution in [3.63, 3.8) is 0 Å². The van der Waals surface area contributed by atoms with Crippen molar-refractivity contribution in [3.05, 3.63) is 59.7 Å². The maximum Gasteiger partial charge on any atom is 0.416 e. The second kappa shape index (κ2) is 9.67. The molecule has 11 heteroatoms. The summed E-state index contributed by atoms with van der Waals surface area (Å²) in [5.74, 6) is 5.91. The van der Waals surface area contributed by atoms with Gasteiger partial charge in [-0.2, -0.15) is 13.2 Å². The number of carbonyl (C=O) groups is 1. The van der Waals surface area contributed by atoms with Gasteiger partial charge in [0.1, 0.15) is 5.60 Å². The van der Waals surface area contributed by atoms with Gasteiger partial charge in [-0.3, -0.25) is 4.79 Å². The van der Waals surface area contributed by atoms with Crippen LogP contribution < -0.4 is 16.9 Å². The second-order valence-electron chi connectivity index (χ2n) is 8.10. The average molecular weight is 464 g/mol. The molecule has 1 heterocycles. The lowest BCUT2D eigenvalue weighted by Crippen LogP contribution is -2.55. The number of likely N-dealkylation sites (tertiary alicyclic amines) is 1. The molecule has 178 valence electrons. The van der Waals surface area contributed by atoms with Crippen molar-refractivity contribution in [2.45, 2.75) is 31.5 Å². The molecule has 2 aromatic rings. The summed E-state index contributed by atoms with van der Waals surface area (Å²) in [5.41, 5.74) is 5.62. The number of hydrazine groups is 1. The van der Waals surface area contributed by atoms with Gasteiger partial charge in [-0.1, -0.05) is 12.1 Å². The highest BCUT2D eigenvalue weighted by molar-refractivity contribution is 6.02. The van der Waals surface area contributed by atoms with Gasteiger partial charge in [0.05, 0.1) is 18.7 Å². The smallest absolute Gasteiger partial charge is 0.386 e. The number of carbonyl (C=O) groups excluding carboxylic acids is 1. The third kappa shape index (κ3) is 6.36. The number of hydrogen-bond donors (Lipinski definition) is 4. The van der Waals surface area contributed by atoms with Gasteiger partial charge in [0.25, 0.3) is 0 Å².